The summed E-state index contributed by atoms with van der Waals surface area (Å²) in [6, 6.07) is 5.55. The molecule has 1 spiro atoms. The molecule has 3 aliphatic heterocycles. The van der Waals surface area contributed by atoms with Crippen molar-refractivity contribution in [1.29, 1.82) is 0 Å². The van der Waals surface area contributed by atoms with E-state index in [0.29, 0.717) is 5.69 Å². The standard InChI is InChI=1S/C24H27N3O7/c1-12(2)10-16(28)27-15(20(29)32-3)11-24-13-8-6-7-9-14(13)25-19(24)17(21(30)33-4)18(22(31)34-5)26-23(24)27/h6-9,12,15,19,25H,10-11H2,1-5H3/t15-,19-,24-/m0/s1. The minimum atomic E-state index is -1.08. The van der Waals surface area contributed by atoms with Crippen LogP contribution >= 0.6 is 0 Å². The fourth-order valence-corrected chi connectivity index (χ4v) is 5.18. The highest BCUT2D eigenvalue weighted by atomic mass is 16.5. The molecule has 10 heteroatoms. The summed E-state index contributed by atoms with van der Waals surface area (Å²) in [5, 5.41) is 3.31. The number of amidine groups is 1. The number of carbonyl (C=O) groups excluding carboxylic acids is 4. The van der Waals surface area contributed by atoms with Crippen LogP contribution < -0.4 is 5.32 Å². The van der Waals surface area contributed by atoms with Crippen molar-refractivity contribution >= 4 is 35.3 Å². The molecule has 0 radical (unpaired) electrons. The number of amides is 1. The van der Waals surface area contributed by atoms with Crippen molar-refractivity contribution in [3.8, 4) is 0 Å². The van der Waals surface area contributed by atoms with Crippen LogP contribution in [0.15, 0.2) is 40.5 Å². The van der Waals surface area contributed by atoms with Crippen molar-refractivity contribution in [2.45, 2.75) is 44.2 Å². The van der Waals surface area contributed by atoms with Crippen LogP contribution in [0.1, 0.15) is 32.3 Å². The van der Waals surface area contributed by atoms with E-state index in [2.05, 4.69) is 10.3 Å². The van der Waals surface area contributed by atoms with Crippen LogP contribution in [-0.4, -0.2) is 68.0 Å². The molecule has 3 heterocycles. The Morgan fingerprint density at radius 2 is 1.76 bits per heavy atom. The maximum absolute atomic E-state index is 13.4. The Balaban J connectivity index is 2.03. The Morgan fingerprint density at radius 1 is 1.09 bits per heavy atom. The van der Waals surface area contributed by atoms with E-state index in [9.17, 15) is 19.2 Å². The lowest BCUT2D eigenvalue weighted by Crippen LogP contribution is -2.53. The summed E-state index contributed by atoms with van der Waals surface area (Å²) in [5.41, 5.74) is 0.102. The zero-order valence-electron chi connectivity index (χ0n) is 19.7. The van der Waals surface area contributed by atoms with Gasteiger partial charge in [-0.2, -0.15) is 0 Å². The van der Waals surface area contributed by atoms with Gasteiger partial charge in [0, 0.05) is 12.1 Å². The van der Waals surface area contributed by atoms with Gasteiger partial charge in [-0.1, -0.05) is 32.0 Å². The van der Waals surface area contributed by atoms with Crippen LogP contribution in [0, 0.1) is 5.92 Å². The molecule has 0 aliphatic carbocycles. The van der Waals surface area contributed by atoms with Crippen LogP contribution in [-0.2, 0) is 38.8 Å². The number of ether oxygens (including phenoxy) is 3. The molecule has 34 heavy (non-hydrogen) atoms. The summed E-state index contributed by atoms with van der Waals surface area (Å²) >= 11 is 0. The molecule has 3 atom stereocenters. The number of anilines is 1. The number of esters is 3. The Bertz CT molecular complexity index is 1140. The lowest BCUT2D eigenvalue weighted by atomic mass is 9.69. The van der Waals surface area contributed by atoms with Crippen molar-refractivity contribution < 1.29 is 33.4 Å². The third-order valence-electron chi connectivity index (χ3n) is 6.52. The molecule has 10 nitrogen and oxygen atoms in total. The highest BCUT2D eigenvalue weighted by Gasteiger charge is 2.65. The summed E-state index contributed by atoms with van der Waals surface area (Å²) in [4.78, 5) is 57.9. The van der Waals surface area contributed by atoms with E-state index in [1.54, 1.807) is 0 Å². The second kappa shape index (κ2) is 8.58. The lowest BCUT2D eigenvalue weighted by molar-refractivity contribution is -0.149. The summed E-state index contributed by atoms with van der Waals surface area (Å²) in [7, 11) is 3.64. The van der Waals surface area contributed by atoms with Crippen molar-refractivity contribution in [2.24, 2.45) is 10.9 Å². The highest BCUT2D eigenvalue weighted by molar-refractivity contribution is 6.17. The second-order valence-corrected chi connectivity index (χ2v) is 8.88. The lowest BCUT2D eigenvalue weighted by Gasteiger charge is -2.37. The number of hydrogen-bond acceptors (Lipinski definition) is 9. The van der Waals surface area contributed by atoms with Crippen LogP contribution in [0.4, 0.5) is 5.69 Å². The Morgan fingerprint density at radius 3 is 2.38 bits per heavy atom. The predicted octanol–water partition coefficient (Wildman–Crippen LogP) is 1.55. The molecule has 0 saturated carbocycles. The maximum atomic E-state index is 13.4. The minimum absolute atomic E-state index is 0.0116. The van der Waals surface area contributed by atoms with Gasteiger partial charge in [-0.05, 0) is 24.0 Å². The Labute approximate surface area is 196 Å². The number of aliphatic imine (C=N–C) groups is 1. The van der Waals surface area contributed by atoms with Crippen molar-refractivity contribution in [3.63, 3.8) is 0 Å². The fraction of sp³-hybridized carbons (Fsp3) is 0.458. The fourth-order valence-electron chi connectivity index (χ4n) is 5.18. The van der Waals surface area contributed by atoms with E-state index in [1.807, 2.05) is 38.1 Å². The topological polar surface area (TPSA) is 124 Å². The zero-order chi connectivity index (χ0) is 24.8. The van der Waals surface area contributed by atoms with Crippen LogP contribution in [0.5, 0.6) is 0 Å². The van der Waals surface area contributed by atoms with Gasteiger partial charge in [0.15, 0.2) is 5.70 Å². The summed E-state index contributed by atoms with van der Waals surface area (Å²) in [6.07, 6.45) is 0.273. The molecule has 180 valence electrons. The number of para-hydroxylation sites is 1. The molecule has 1 fully saturated rings. The molecule has 3 aliphatic rings. The largest absolute Gasteiger partial charge is 0.467 e. The van der Waals surface area contributed by atoms with Crippen LogP contribution in [0.3, 0.4) is 0 Å². The first-order valence-corrected chi connectivity index (χ1v) is 11.0. The average molecular weight is 469 g/mol. The molecule has 0 bridgehead atoms. The summed E-state index contributed by atoms with van der Waals surface area (Å²) < 4.78 is 15.0. The predicted molar refractivity (Wildman–Crippen MR) is 121 cm³/mol. The first kappa shape index (κ1) is 23.5. The monoisotopic (exact) mass is 469 g/mol. The first-order chi connectivity index (χ1) is 16.2. The quantitative estimate of drug-likeness (QED) is 0.509. The van der Waals surface area contributed by atoms with Gasteiger partial charge in [0.25, 0.3) is 0 Å². The van der Waals surface area contributed by atoms with E-state index < -0.39 is 35.4 Å². The van der Waals surface area contributed by atoms with Crippen molar-refractivity contribution in [2.75, 3.05) is 26.6 Å². The van der Waals surface area contributed by atoms with Crippen molar-refractivity contribution in [3.05, 3.63) is 41.1 Å². The van der Waals surface area contributed by atoms with Crippen molar-refractivity contribution in [1.82, 2.24) is 4.90 Å². The summed E-state index contributed by atoms with van der Waals surface area (Å²) in [5.74, 6) is -2.31. The second-order valence-electron chi connectivity index (χ2n) is 8.88. The molecule has 0 unspecified atom stereocenters. The molecular weight excluding hydrogens is 442 g/mol. The van der Waals surface area contributed by atoms with Gasteiger partial charge in [-0.25, -0.2) is 19.4 Å². The zero-order valence-corrected chi connectivity index (χ0v) is 19.7. The smallest absolute Gasteiger partial charge is 0.357 e. The number of fused-ring (bicyclic) bond motifs is 1. The Hall–Kier alpha value is -3.69. The number of methoxy groups -OCH3 is 3. The highest BCUT2D eigenvalue weighted by Crippen LogP contribution is 2.55. The first-order valence-electron chi connectivity index (χ1n) is 11.0. The van der Waals surface area contributed by atoms with E-state index in [4.69, 9.17) is 14.2 Å². The SMILES string of the molecule is COC(=O)C1=C(C(=O)OC)[C@@H]2Nc3ccccc3[C@@]23C[C@@H](C(=O)OC)N(C(=O)CC(C)C)C3=N1. The normalized spacial score (nSPS) is 24.5. The molecule has 1 aromatic rings. The van der Waals surface area contributed by atoms with Gasteiger partial charge in [0.2, 0.25) is 5.91 Å². The van der Waals surface area contributed by atoms with E-state index in [1.165, 1.54) is 26.2 Å². The molecule has 4 rings (SSSR count). The van der Waals surface area contributed by atoms with Gasteiger partial charge in [0.1, 0.15) is 11.9 Å². The molecular formula is C24H27N3O7. The number of nitrogens with zero attached hydrogens (tertiary/aromatic N) is 2. The minimum Gasteiger partial charge on any atom is -0.467 e. The Kier molecular flexibility index (Phi) is 5.93. The number of nitrogens with one attached hydrogen (secondary N) is 1. The number of benzene rings is 1. The van der Waals surface area contributed by atoms with Gasteiger partial charge in [0.05, 0.1) is 38.4 Å². The van der Waals surface area contributed by atoms with E-state index in [-0.39, 0.29) is 41.8 Å². The van der Waals surface area contributed by atoms with Crippen LogP contribution in [0.25, 0.3) is 0 Å². The number of carbonyl (C=O) groups is 4. The maximum Gasteiger partial charge on any atom is 0.357 e. The molecule has 0 aromatic heterocycles. The number of rotatable bonds is 5. The summed E-state index contributed by atoms with van der Waals surface area (Å²) in [6.45, 7) is 3.79. The molecule has 1 amide bonds. The number of hydrogen-bond donors (Lipinski definition) is 1. The molecule has 1 aromatic carbocycles. The number of likely N-dealkylation sites (tertiary alicyclic amines) is 1. The third-order valence-corrected chi connectivity index (χ3v) is 6.52. The van der Waals surface area contributed by atoms with E-state index in [0.717, 1.165) is 5.56 Å². The molecule has 1 N–H and O–H groups in total. The van der Waals surface area contributed by atoms with Gasteiger partial charge < -0.3 is 19.5 Å². The van der Waals surface area contributed by atoms with Crippen LogP contribution in [0.2, 0.25) is 0 Å². The average Bonchev–Trinajstić information content (AvgIpc) is 3.35. The molecule has 1 saturated heterocycles. The van der Waals surface area contributed by atoms with Gasteiger partial charge in [-0.15, -0.1) is 0 Å². The van der Waals surface area contributed by atoms with Gasteiger partial charge >= 0.3 is 17.9 Å². The third kappa shape index (κ3) is 3.27. The van der Waals surface area contributed by atoms with E-state index >= 15 is 0 Å². The van der Waals surface area contributed by atoms with Gasteiger partial charge in [-0.3, -0.25) is 9.69 Å².